The smallest absolute Gasteiger partial charge is 0.323 e. The van der Waals surface area contributed by atoms with Gasteiger partial charge in [-0.2, -0.15) is 0 Å². The maximum absolute atomic E-state index is 12.4. The number of ether oxygens (including phenoxy) is 2. The largest absolute Gasteiger partial charge is 0.493 e. The van der Waals surface area contributed by atoms with Gasteiger partial charge in [0, 0.05) is 17.3 Å². The summed E-state index contributed by atoms with van der Waals surface area (Å²) in [5.41, 5.74) is 7.40. The normalized spacial score (nSPS) is 11.2. The Bertz CT molecular complexity index is 1340. The van der Waals surface area contributed by atoms with Gasteiger partial charge in [0.1, 0.15) is 5.69 Å². The molecule has 1 unspecified atom stereocenters. The van der Waals surface area contributed by atoms with Crippen LogP contribution in [0.25, 0.3) is 0 Å². The number of urea groups is 1. The van der Waals surface area contributed by atoms with E-state index in [2.05, 4.69) is 10.6 Å². The highest BCUT2D eigenvalue weighted by atomic mass is 16.6. The number of anilines is 2. The number of hydrogen-bond acceptors (Lipinski definition) is 7. The quantitative estimate of drug-likeness (QED) is 0.210. The van der Waals surface area contributed by atoms with E-state index in [4.69, 9.17) is 15.2 Å². The number of nitrogens with zero attached hydrogens (tertiary/aromatic N) is 1. The Hall–Kier alpha value is -4.93. The second kappa shape index (κ2) is 11.7. The van der Waals surface area contributed by atoms with Crippen LogP contribution in [0.5, 0.6) is 11.5 Å². The molecule has 3 rings (SSSR count). The number of Topliss-reactive ketones (excluding diaryl/α,β-unsaturated/α-hetero) is 1. The lowest BCUT2D eigenvalue weighted by Gasteiger charge is -2.20. The minimum Gasteiger partial charge on any atom is -0.493 e. The molecule has 3 amide bonds. The van der Waals surface area contributed by atoms with E-state index in [0.29, 0.717) is 28.3 Å². The molecule has 4 N–H and O–H groups in total. The van der Waals surface area contributed by atoms with Crippen LogP contribution in [0, 0.1) is 10.1 Å². The highest BCUT2D eigenvalue weighted by molar-refractivity contribution is 6.01. The van der Waals surface area contributed by atoms with Gasteiger partial charge in [0.25, 0.3) is 5.69 Å². The van der Waals surface area contributed by atoms with E-state index in [-0.39, 0.29) is 23.6 Å². The molecule has 0 aliphatic rings. The third kappa shape index (κ3) is 6.40. The van der Waals surface area contributed by atoms with Gasteiger partial charge in [-0.05, 0) is 54.8 Å². The summed E-state index contributed by atoms with van der Waals surface area (Å²) in [6, 6.07) is 14.9. The van der Waals surface area contributed by atoms with Gasteiger partial charge in [-0.3, -0.25) is 19.7 Å². The molecular formula is C26H26N4O7. The van der Waals surface area contributed by atoms with Crippen LogP contribution in [-0.4, -0.2) is 36.9 Å². The molecule has 0 bridgehead atoms. The minimum atomic E-state index is -0.834. The van der Waals surface area contributed by atoms with Gasteiger partial charge in [0.05, 0.1) is 25.1 Å². The van der Waals surface area contributed by atoms with Gasteiger partial charge < -0.3 is 25.8 Å². The fraction of sp³-hybridized carbons (Fsp3) is 0.192. The number of rotatable bonds is 10. The minimum absolute atomic E-state index is 0.0575. The van der Waals surface area contributed by atoms with Crippen LogP contribution < -0.4 is 25.8 Å². The second-order valence-electron chi connectivity index (χ2n) is 8.06. The number of nitrogens with two attached hydrogens (primary N) is 1. The average molecular weight is 507 g/mol. The number of methoxy groups -OCH3 is 2. The second-order valence-corrected chi connectivity index (χ2v) is 8.06. The zero-order valence-corrected chi connectivity index (χ0v) is 20.4. The van der Waals surface area contributed by atoms with E-state index in [1.807, 2.05) is 0 Å². The summed E-state index contributed by atoms with van der Waals surface area (Å²) in [5, 5.41) is 16.2. The van der Waals surface area contributed by atoms with Crippen LogP contribution in [0.3, 0.4) is 0 Å². The third-order valence-corrected chi connectivity index (χ3v) is 5.65. The maximum atomic E-state index is 12.4. The number of primary amides is 1. The lowest BCUT2D eigenvalue weighted by Crippen LogP contribution is -2.25. The predicted molar refractivity (Wildman–Crippen MR) is 137 cm³/mol. The molecule has 0 radical (unpaired) electrons. The van der Waals surface area contributed by atoms with Gasteiger partial charge >= 0.3 is 6.03 Å². The summed E-state index contributed by atoms with van der Waals surface area (Å²) >= 11 is 0. The Morgan fingerprint density at radius 2 is 1.59 bits per heavy atom. The van der Waals surface area contributed by atoms with Crippen molar-refractivity contribution in [3.05, 3.63) is 87.5 Å². The first kappa shape index (κ1) is 26.7. The van der Waals surface area contributed by atoms with E-state index < -0.39 is 22.8 Å². The number of carbonyl (C=O) groups excluding carboxylic acids is 3. The Kier molecular flexibility index (Phi) is 8.41. The van der Waals surface area contributed by atoms with Crippen LogP contribution in [0.2, 0.25) is 0 Å². The number of amides is 3. The molecule has 11 nitrogen and oxygen atoms in total. The van der Waals surface area contributed by atoms with Crippen molar-refractivity contribution in [2.24, 2.45) is 5.73 Å². The number of nitro groups is 1. The van der Waals surface area contributed by atoms with E-state index in [9.17, 15) is 24.5 Å². The molecule has 1 atom stereocenters. The van der Waals surface area contributed by atoms with Crippen LogP contribution in [0.15, 0.2) is 60.7 Å². The van der Waals surface area contributed by atoms with Gasteiger partial charge in [-0.15, -0.1) is 0 Å². The van der Waals surface area contributed by atoms with Crippen molar-refractivity contribution < 1.29 is 28.8 Å². The molecule has 3 aromatic rings. The van der Waals surface area contributed by atoms with Gasteiger partial charge in [-0.1, -0.05) is 24.3 Å². The standard InChI is InChI=1S/C26H26N4O7/c1-15(31)18-13-23(36-2)24(37-3)14-19(18)20(25(27)32)12-16-8-10-17(11-9-16)28-26(33)29-21-6-4-5-7-22(21)30(34)35/h4-11,13-14,20H,12H2,1-3H3,(H2,27,32)(H2,28,29,33). The number of nitro benzene ring substituents is 1. The summed E-state index contributed by atoms with van der Waals surface area (Å²) in [5.74, 6) is -1.00. The van der Waals surface area contributed by atoms with E-state index in [0.717, 1.165) is 5.56 Å². The number of ketones is 1. The summed E-state index contributed by atoms with van der Waals surface area (Å²) in [6.07, 6.45) is 0.188. The van der Waals surface area contributed by atoms with Gasteiger partial charge in [0.15, 0.2) is 17.3 Å². The van der Waals surface area contributed by atoms with Crippen LogP contribution >= 0.6 is 0 Å². The van der Waals surface area contributed by atoms with E-state index >= 15 is 0 Å². The number of carbonyl (C=O) groups is 3. The molecule has 0 saturated carbocycles. The molecule has 0 heterocycles. The first-order chi connectivity index (χ1) is 17.6. The molecule has 3 aromatic carbocycles. The first-order valence-corrected chi connectivity index (χ1v) is 11.1. The fourth-order valence-corrected chi connectivity index (χ4v) is 3.83. The topological polar surface area (TPSA) is 163 Å². The van der Waals surface area contributed by atoms with Crippen molar-refractivity contribution in [3.63, 3.8) is 0 Å². The van der Waals surface area contributed by atoms with Crippen LogP contribution in [0.1, 0.15) is 34.3 Å². The average Bonchev–Trinajstić information content (AvgIpc) is 2.87. The molecule has 0 spiro atoms. The fourth-order valence-electron chi connectivity index (χ4n) is 3.83. The molecule has 0 aliphatic carbocycles. The molecule has 0 fully saturated rings. The number of benzene rings is 3. The van der Waals surface area contributed by atoms with E-state index in [1.165, 1.54) is 45.4 Å². The Morgan fingerprint density at radius 1 is 0.973 bits per heavy atom. The lowest BCUT2D eigenvalue weighted by atomic mass is 9.86. The molecule has 0 aromatic heterocycles. The van der Waals surface area contributed by atoms with E-state index in [1.54, 1.807) is 36.4 Å². The highest BCUT2D eigenvalue weighted by Crippen LogP contribution is 2.35. The Balaban J connectivity index is 1.79. The monoisotopic (exact) mass is 506 g/mol. The maximum Gasteiger partial charge on any atom is 0.323 e. The third-order valence-electron chi connectivity index (χ3n) is 5.65. The summed E-state index contributed by atoms with van der Waals surface area (Å²) in [6.45, 7) is 1.39. The summed E-state index contributed by atoms with van der Waals surface area (Å²) in [7, 11) is 2.90. The number of para-hydroxylation sites is 2. The van der Waals surface area contributed by atoms with Crippen molar-refractivity contribution in [2.45, 2.75) is 19.3 Å². The summed E-state index contributed by atoms with van der Waals surface area (Å²) < 4.78 is 10.6. The molecule has 37 heavy (non-hydrogen) atoms. The number of hydrogen-bond donors (Lipinski definition) is 3. The van der Waals surface area contributed by atoms with Gasteiger partial charge in [-0.25, -0.2) is 4.79 Å². The zero-order chi connectivity index (χ0) is 27.1. The molecule has 0 saturated heterocycles. The molecule has 0 aliphatic heterocycles. The van der Waals surface area contributed by atoms with Crippen LogP contribution in [0.4, 0.5) is 21.9 Å². The Labute approximate surface area is 212 Å². The summed E-state index contributed by atoms with van der Waals surface area (Å²) in [4.78, 5) is 47.6. The molecule has 11 heteroatoms. The lowest BCUT2D eigenvalue weighted by molar-refractivity contribution is -0.383. The van der Waals surface area contributed by atoms with Gasteiger partial charge in [0.2, 0.25) is 5.91 Å². The Morgan fingerprint density at radius 3 is 2.16 bits per heavy atom. The van der Waals surface area contributed by atoms with Crippen molar-refractivity contribution in [1.82, 2.24) is 0 Å². The van der Waals surface area contributed by atoms with Crippen molar-refractivity contribution in [2.75, 3.05) is 24.9 Å². The predicted octanol–water partition coefficient (Wildman–Crippen LogP) is 4.27. The molecule has 192 valence electrons. The zero-order valence-electron chi connectivity index (χ0n) is 20.4. The van der Waals surface area contributed by atoms with Crippen molar-refractivity contribution >= 4 is 34.8 Å². The molecular weight excluding hydrogens is 480 g/mol. The number of nitrogens with one attached hydrogen (secondary N) is 2. The van der Waals surface area contributed by atoms with Crippen molar-refractivity contribution in [1.29, 1.82) is 0 Å². The SMILES string of the molecule is COc1cc(C(C)=O)c(C(Cc2ccc(NC(=O)Nc3ccccc3[N+](=O)[O-])cc2)C(N)=O)cc1OC. The van der Waals surface area contributed by atoms with Crippen molar-refractivity contribution in [3.8, 4) is 11.5 Å². The van der Waals surface area contributed by atoms with Crippen LogP contribution in [-0.2, 0) is 11.2 Å². The first-order valence-electron chi connectivity index (χ1n) is 11.1. The highest BCUT2D eigenvalue weighted by Gasteiger charge is 2.26.